The molecule has 1 saturated heterocycles. The van der Waals surface area contributed by atoms with Gasteiger partial charge in [0.1, 0.15) is 0 Å². The average Bonchev–Trinajstić information content (AvgIpc) is 2.86. The number of fused-ring (bicyclic) bond motifs is 3. The van der Waals surface area contributed by atoms with Gasteiger partial charge < -0.3 is 15.0 Å². The molecule has 2 aromatic rings. The van der Waals surface area contributed by atoms with Crippen LogP contribution in [0, 0.1) is 0 Å². The second kappa shape index (κ2) is 5.23. The van der Waals surface area contributed by atoms with Gasteiger partial charge in [0, 0.05) is 48.3 Å². The molecule has 3 heteroatoms. The van der Waals surface area contributed by atoms with E-state index in [1.54, 1.807) is 5.56 Å². The normalized spacial score (nSPS) is 23.9. The number of nitrogens with one attached hydrogen (secondary N) is 2. The van der Waals surface area contributed by atoms with Gasteiger partial charge in [0.25, 0.3) is 0 Å². The number of aromatic nitrogens is 1. The fraction of sp³-hybridized carbons (Fsp3) is 0.529. The van der Waals surface area contributed by atoms with Crippen molar-refractivity contribution in [1.82, 2.24) is 10.3 Å². The number of benzene rings is 1. The molecule has 0 radical (unpaired) electrons. The Hall–Kier alpha value is -1.32. The smallest absolute Gasteiger partial charge is 0.0480 e. The van der Waals surface area contributed by atoms with Crippen LogP contribution in [0.25, 0.3) is 10.9 Å². The molecule has 0 spiro atoms. The van der Waals surface area contributed by atoms with Gasteiger partial charge in [-0.2, -0.15) is 0 Å². The van der Waals surface area contributed by atoms with Crippen molar-refractivity contribution in [2.45, 2.75) is 44.2 Å². The number of rotatable bonds is 2. The summed E-state index contributed by atoms with van der Waals surface area (Å²) in [5, 5.41) is 5.27. The zero-order chi connectivity index (χ0) is 13.4. The molecule has 0 bridgehead atoms. The van der Waals surface area contributed by atoms with Crippen LogP contribution in [0.4, 0.5) is 0 Å². The zero-order valence-corrected chi connectivity index (χ0v) is 11.8. The first kappa shape index (κ1) is 12.4. The van der Waals surface area contributed by atoms with E-state index in [0.29, 0.717) is 12.1 Å². The fourth-order valence-electron chi connectivity index (χ4n) is 3.72. The van der Waals surface area contributed by atoms with Crippen LogP contribution in [0.2, 0.25) is 0 Å². The summed E-state index contributed by atoms with van der Waals surface area (Å²) in [6.45, 7) is 1.84. The highest BCUT2D eigenvalue weighted by Gasteiger charge is 2.24. The molecule has 106 valence electrons. The molecule has 1 atom stereocenters. The quantitative estimate of drug-likeness (QED) is 0.880. The van der Waals surface area contributed by atoms with Crippen molar-refractivity contribution in [3.8, 4) is 0 Å². The van der Waals surface area contributed by atoms with Gasteiger partial charge >= 0.3 is 0 Å². The minimum Gasteiger partial charge on any atom is -0.381 e. The van der Waals surface area contributed by atoms with Crippen molar-refractivity contribution < 1.29 is 4.74 Å². The van der Waals surface area contributed by atoms with Crippen LogP contribution in [0.5, 0.6) is 0 Å². The summed E-state index contributed by atoms with van der Waals surface area (Å²) in [5.41, 5.74) is 4.29. The topological polar surface area (TPSA) is 37.0 Å². The van der Waals surface area contributed by atoms with E-state index in [0.717, 1.165) is 32.5 Å². The zero-order valence-electron chi connectivity index (χ0n) is 11.8. The van der Waals surface area contributed by atoms with Gasteiger partial charge in [0.15, 0.2) is 0 Å². The number of H-pyrrole nitrogens is 1. The second-order valence-corrected chi connectivity index (χ2v) is 6.12. The summed E-state index contributed by atoms with van der Waals surface area (Å²) >= 11 is 0. The largest absolute Gasteiger partial charge is 0.381 e. The predicted octanol–water partition coefficient (Wildman–Crippen LogP) is 2.79. The molecule has 1 aromatic heterocycles. The van der Waals surface area contributed by atoms with Gasteiger partial charge in [-0.25, -0.2) is 0 Å². The number of ether oxygens (including phenoxy) is 1. The molecule has 2 aliphatic rings. The van der Waals surface area contributed by atoms with E-state index in [1.807, 2.05) is 0 Å². The van der Waals surface area contributed by atoms with E-state index in [4.69, 9.17) is 4.74 Å². The minimum atomic E-state index is 0.624. The lowest BCUT2D eigenvalue weighted by atomic mass is 9.91. The van der Waals surface area contributed by atoms with Crippen molar-refractivity contribution in [3.63, 3.8) is 0 Å². The van der Waals surface area contributed by atoms with Crippen LogP contribution in [0.1, 0.15) is 30.5 Å². The Morgan fingerprint density at radius 2 is 1.90 bits per heavy atom. The summed E-state index contributed by atoms with van der Waals surface area (Å²) < 4.78 is 5.44. The first-order valence-corrected chi connectivity index (χ1v) is 7.82. The Kier molecular flexibility index (Phi) is 3.25. The molecule has 20 heavy (non-hydrogen) atoms. The van der Waals surface area contributed by atoms with Gasteiger partial charge in [-0.15, -0.1) is 0 Å². The lowest BCUT2D eigenvalue weighted by Gasteiger charge is -2.30. The van der Waals surface area contributed by atoms with E-state index >= 15 is 0 Å². The van der Waals surface area contributed by atoms with Gasteiger partial charge in [-0.3, -0.25) is 0 Å². The van der Waals surface area contributed by atoms with Crippen LogP contribution in [-0.4, -0.2) is 30.3 Å². The lowest BCUT2D eigenvalue weighted by molar-refractivity contribution is 0.0743. The highest BCUT2D eigenvalue weighted by molar-refractivity contribution is 5.84. The van der Waals surface area contributed by atoms with Gasteiger partial charge in [0.05, 0.1) is 0 Å². The van der Waals surface area contributed by atoms with Crippen molar-refractivity contribution in [2.75, 3.05) is 13.2 Å². The first-order valence-electron chi connectivity index (χ1n) is 7.82. The number of hydrogen-bond acceptors (Lipinski definition) is 2. The van der Waals surface area contributed by atoms with E-state index in [2.05, 4.69) is 34.6 Å². The third kappa shape index (κ3) is 2.25. The highest BCUT2D eigenvalue weighted by atomic mass is 16.5. The molecule has 1 aromatic carbocycles. The maximum atomic E-state index is 5.44. The third-order valence-electron chi connectivity index (χ3n) is 4.79. The molecule has 0 saturated carbocycles. The number of hydrogen-bond donors (Lipinski definition) is 2. The highest BCUT2D eigenvalue weighted by Crippen LogP contribution is 2.29. The van der Waals surface area contributed by atoms with Crippen molar-refractivity contribution in [2.24, 2.45) is 0 Å². The first-order chi connectivity index (χ1) is 9.90. The molecule has 4 rings (SSSR count). The van der Waals surface area contributed by atoms with Crippen LogP contribution >= 0.6 is 0 Å². The average molecular weight is 270 g/mol. The van der Waals surface area contributed by atoms with E-state index < -0.39 is 0 Å². The van der Waals surface area contributed by atoms with Crippen LogP contribution in [0.3, 0.4) is 0 Å². The predicted molar refractivity (Wildman–Crippen MR) is 81.1 cm³/mol. The van der Waals surface area contributed by atoms with Crippen LogP contribution in [0.15, 0.2) is 24.3 Å². The fourth-order valence-corrected chi connectivity index (χ4v) is 3.72. The van der Waals surface area contributed by atoms with Crippen molar-refractivity contribution in [3.05, 3.63) is 35.5 Å². The maximum Gasteiger partial charge on any atom is 0.0480 e. The molecule has 2 heterocycles. The number of para-hydroxylation sites is 1. The monoisotopic (exact) mass is 270 g/mol. The molecular formula is C17H22N2O. The second-order valence-electron chi connectivity index (χ2n) is 6.12. The molecule has 1 aliphatic carbocycles. The number of aryl methyl sites for hydroxylation is 1. The molecule has 1 aliphatic heterocycles. The Morgan fingerprint density at radius 3 is 2.80 bits per heavy atom. The van der Waals surface area contributed by atoms with Crippen LogP contribution < -0.4 is 5.32 Å². The van der Waals surface area contributed by atoms with Crippen molar-refractivity contribution in [1.29, 1.82) is 0 Å². The molecule has 2 N–H and O–H groups in total. The summed E-state index contributed by atoms with van der Waals surface area (Å²) in [5.74, 6) is 0. The SMILES string of the molecule is c1ccc2c3c([nH]c2c1)CC(NC1CCOCC1)CC3. The van der Waals surface area contributed by atoms with Gasteiger partial charge in [0.2, 0.25) is 0 Å². The molecule has 3 nitrogen and oxygen atoms in total. The standard InChI is InChI=1S/C17H22N2O/c1-2-4-16-14(3-1)15-6-5-13(11-17(15)19-16)18-12-7-9-20-10-8-12/h1-4,12-13,18-19H,5-11H2. The van der Waals surface area contributed by atoms with E-state index in [9.17, 15) is 0 Å². The summed E-state index contributed by atoms with van der Waals surface area (Å²) in [7, 11) is 0. The Bertz CT molecular complexity index is 598. The lowest BCUT2D eigenvalue weighted by Crippen LogP contribution is -2.44. The summed E-state index contributed by atoms with van der Waals surface area (Å²) in [4.78, 5) is 3.62. The molecular weight excluding hydrogens is 248 g/mol. The molecule has 0 amide bonds. The Morgan fingerprint density at radius 1 is 1.05 bits per heavy atom. The van der Waals surface area contributed by atoms with Gasteiger partial charge in [-0.05, 0) is 37.3 Å². The number of aromatic amines is 1. The van der Waals surface area contributed by atoms with Crippen molar-refractivity contribution >= 4 is 10.9 Å². The summed E-state index contributed by atoms with van der Waals surface area (Å²) in [6.07, 6.45) is 5.92. The minimum absolute atomic E-state index is 0.624. The summed E-state index contributed by atoms with van der Waals surface area (Å²) in [6, 6.07) is 9.97. The van der Waals surface area contributed by atoms with E-state index in [-0.39, 0.29) is 0 Å². The Balaban J connectivity index is 1.51. The van der Waals surface area contributed by atoms with Gasteiger partial charge in [-0.1, -0.05) is 18.2 Å². The van der Waals surface area contributed by atoms with Crippen LogP contribution in [-0.2, 0) is 17.6 Å². The Labute approximate surface area is 119 Å². The van der Waals surface area contributed by atoms with E-state index in [1.165, 1.54) is 29.4 Å². The third-order valence-corrected chi connectivity index (χ3v) is 4.79. The molecule has 1 unspecified atom stereocenters. The maximum absolute atomic E-state index is 5.44. The molecule has 1 fully saturated rings.